The maximum absolute atomic E-state index is 12.1. The largest absolute Gasteiger partial charge is 0.465 e. The molecule has 2 heterocycles. The Hall–Kier alpha value is -2.11. The third-order valence-electron chi connectivity index (χ3n) is 3.08. The van der Waals surface area contributed by atoms with Crippen molar-refractivity contribution in [3.8, 4) is 11.6 Å². The van der Waals surface area contributed by atoms with E-state index in [1.54, 1.807) is 13.2 Å². The fraction of sp³-hybridized carbons (Fsp3) is 0.533. The van der Waals surface area contributed by atoms with Gasteiger partial charge in [0.25, 0.3) is 0 Å². The highest BCUT2D eigenvalue weighted by atomic mass is 16.5. The third-order valence-corrected chi connectivity index (χ3v) is 3.08. The second-order valence-corrected chi connectivity index (χ2v) is 5.32. The molecule has 0 saturated heterocycles. The van der Waals surface area contributed by atoms with Gasteiger partial charge in [0, 0.05) is 0 Å². The molecular formula is C15H20N2O4. The van der Waals surface area contributed by atoms with Crippen LogP contribution in [0.5, 0.6) is 0 Å². The van der Waals surface area contributed by atoms with Gasteiger partial charge in [0.05, 0.1) is 12.9 Å². The van der Waals surface area contributed by atoms with Crippen LogP contribution in [0.1, 0.15) is 44.6 Å². The molecule has 6 heteroatoms. The van der Waals surface area contributed by atoms with Crippen molar-refractivity contribution in [2.45, 2.75) is 40.0 Å². The highest BCUT2D eigenvalue weighted by Crippen LogP contribution is 2.27. The molecule has 0 aliphatic rings. The van der Waals surface area contributed by atoms with Gasteiger partial charge in [-0.3, -0.25) is 4.79 Å². The number of hydrogen-bond donors (Lipinski definition) is 0. The van der Waals surface area contributed by atoms with Gasteiger partial charge in [-0.15, -0.1) is 0 Å². The molecule has 0 N–H and O–H groups in total. The summed E-state index contributed by atoms with van der Waals surface area (Å²) in [7, 11) is 0. The van der Waals surface area contributed by atoms with E-state index in [9.17, 15) is 4.79 Å². The zero-order chi connectivity index (χ0) is 15.4. The summed E-state index contributed by atoms with van der Waals surface area (Å²) in [6.45, 7) is 8.05. The number of furan rings is 1. The summed E-state index contributed by atoms with van der Waals surface area (Å²) in [6.07, 6.45) is 2.16. The van der Waals surface area contributed by atoms with Gasteiger partial charge in [-0.2, -0.15) is 4.98 Å². The lowest BCUT2D eigenvalue weighted by molar-refractivity contribution is -0.146. The Labute approximate surface area is 123 Å². The summed E-state index contributed by atoms with van der Waals surface area (Å²) < 4.78 is 15.7. The van der Waals surface area contributed by atoms with Gasteiger partial charge in [0.2, 0.25) is 11.7 Å². The molecule has 2 aromatic rings. The summed E-state index contributed by atoms with van der Waals surface area (Å²) in [5.41, 5.74) is 0.916. The lowest BCUT2D eigenvalue weighted by Crippen LogP contribution is -2.18. The van der Waals surface area contributed by atoms with Crippen molar-refractivity contribution < 1.29 is 18.5 Å². The van der Waals surface area contributed by atoms with E-state index < -0.39 is 5.92 Å². The SMILES string of the molecule is CCOC(=O)C(CC(C)C)c1nc(-c2occc2C)no1. The van der Waals surface area contributed by atoms with Crippen molar-refractivity contribution in [3.05, 3.63) is 23.8 Å². The van der Waals surface area contributed by atoms with Crippen LogP contribution in [0.2, 0.25) is 0 Å². The molecule has 6 nitrogen and oxygen atoms in total. The molecule has 21 heavy (non-hydrogen) atoms. The number of carbonyl (C=O) groups excluding carboxylic acids is 1. The minimum Gasteiger partial charge on any atom is -0.465 e. The monoisotopic (exact) mass is 292 g/mol. The van der Waals surface area contributed by atoms with E-state index in [1.807, 2.05) is 26.8 Å². The first-order valence-corrected chi connectivity index (χ1v) is 7.07. The lowest BCUT2D eigenvalue weighted by Gasteiger charge is -2.13. The molecule has 0 fully saturated rings. The Morgan fingerprint density at radius 3 is 2.76 bits per heavy atom. The number of ether oxygens (including phenoxy) is 1. The van der Waals surface area contributed by atoms with Gasteiger partial charge in [0.15, 0.2) is 5.76 Å². The Morgan fingerprint density at radius 2 is 2.19 bits per heavy atom. The van der Waals surface area contributed by atoms with Crippen LogP contribution in [0, 0.1) is 12.8 Å². The third kappa shape index (κ3) is 3.51. The zero-order valence-corrected chi connectivity index (χ0v) is 12.8. The fourth-order valence-corrected chi connectivity index (χ4v) is 2.08. The van der Waals surface area contributed by atoms with Crippen LogP contribution in [0.3, 0.4) is 0 Å². The van der Waals surface area contributed by atoms with Gasteiger partial charge in [-0.1, -0.05) is 19.0 Å². The molecule has 0 aliphatic heterocycles. The summed E-state index contributed by atoms with van der Waals surface area (Å²) in [6, 6.07) is 1.82. The summed E-state index contributed by atoms with van der Waals surface area (Å²) in [4.78, 5) is 16.4. The molecule has 1 atom stereocenters. The number of carbonyl (C=O) groups is 1. The van der Waals surface area contributed by atoms with E-state index in [2.05, 4.69) is 10.1 Å². The number of hydrogen-bond acceptors (Lipinski definition) is 6. The van der Waals surface area contributed by atoms with Crippen LogP contribution < -0.4 is 0 Å². The van der Waals surface area contributed by atoms with Crippen LogP contribution in [-0.4, -0.2) is 22.7 Å². The molecule has 0 bridgehead atoms. The number of nitrogens with zero attached hydrogens (tertiary/aromatic N) is 2. The maximum atomic E-state index is 12.1. The zero-order valence-electron chi connectivity index (χ0n) is 12.8. The highest BCUT2D eigenvalue weighted by Gasteiger charge is 2.29. The van der Waals surface area contributed by atoms with Crippen LogP contribution in [0.25, 0.3) is 11.6 Å². The predicted molar refractivity (Wildman–Crippen MR) is 75.6 cm³/mol. The van der Waals surface area contributed by atoms with Gasteiger partial charge in [-0.25, -0.2) is 0 Å². The van der Waals surface area contributed by atoms with Crippen molar-refractivity contribution in [3.63, 3.8) is 0 Å². The standard InChI is InChI=1S/C15H20N2O4/c1-5-19-15(18)11(8-9(2)3)14-16-13(17-21-14)12-10(4)6-7-20-12/h6-7,9,11H,5,8H2,1-4H3. The molecule has 0 amide bonds. The van der Waals surface area contributed by atoms with E-state index in [1.165, 1.54) is 0 Å². The fourth-order valence-electron chi connectivity index (χ4n) is 2.08. The minimum atomic E-state index is -0.540. The van der Waals surface area contributed by atoms with Gasteiger partial charge in [0.1, 0.15) is 5.92 Å². The lowest BCUT2D eigenvalue weighted by atomic mass is 9.97. The van der Waals surface area contributed by atoms with Crippen molar-refractivity contribution >= 4 is 5.97 Å². The molecule has 114 valence electrons. The van der Waals surface area contributed by atoms with Crippen molar-refractivity contribution in [1.82, 2.24) is 10.1 Å². The molecule has 2 aromatic heterocycles. The average molecular weight is 292 g/mol. The van der Waals surface area contributed by atoms with Crippen molar-refractivity contribution in [1.29, 1.82) is 0 Å². The smallest absolute Gasteiger partial charge is 0.318 e. The van der Waals surface area contributed by atoms with E-state index in [-0.39, 0.29) is 11.9 Å². The van der Waals surface area contributed by atoms with E-state index in [4.69, 9.17) is 13.7 Å². The molecule has 0 radical (unpaired) electrons. The molecule has 1 unspecified atom stereocenters. The number of aryl methyl sites for hydroxylation is 1. The van der Waals surface area contributed by atoms with Crippen LogP contribution >= 0.6 is 0 Å². The summed E-state index contributed by atoms with van der Waals surface area (Å²) in [5, 5.41) is 3.90. The number of rotatable bonds is 6. The van der Waals surface area contributed by atoms with Crippen molar-refractivity contribution in [2.24, 2.45) is 5.92 Å². The van der Waals surface area contributed by atoms with Gasteiger partial charge < -0.3 is 13.7 Å². The van der Waals surface area contributed by atoms with Crippen LogP contribution in [0.15, 0.2) is 21.3 Å². The molecule has 0 aromatic carbocycles. The second-order valence-electron chi connectivity index (χ2n) is 5.32. The first-order chi connectivity index (χ1) is 10.0. The van der Waals surface area contributed by atoms with Crippen LogP contribution in [0.4, 0.5) is 0 Å². The Balaban J connectivity index is 2.27. The normalized spacial score (nSPS) is 12.6. The molecule has 0 saturated carbocycles. The first kappa shape index (κ1) is 15.3. The van der Waals surface area contributed by atoms with Gasteiger partial charge >= 0.3 is 5.97 Å². The van der Waals surface area contributed by atoms with E-state index >= 15 is 0 Å². The number of aromatic nitrogens is 2. The summed E-state index contributed by atoms with van der Waals surface area (Å²) >= 11 is 0. The maximum Gasteiger partial charge on any atom is 0.318 e. The molecular weight excluding hydrogens is 272 g/mol. The minimum absolute atomic E-state index is 0.271. The Bertz CT molecular complexity index is 600. The summed E-state index contributed by atoms with van der Waals surface area (Å²) in [5.74, 6) is 0.606. The molecule has 0 aliphatic carbocycles. The predicted octanol–water partition coefficient (Wildman–Crippen LogP) is 3.33. The molecule has 0 spiro atoms. The molecule has 2 rings (SSSR count). The Kier molecular flexibility index (Phi) is 4.77. The first-order valence-electron chi connectivity index (χ1n) is 7.07. The quantitative estimate of drug-likeness (QED) is 0.760. The average Bonchev–Trinajstić information content (AvgIpc) is 3.04. The Morgan fingerprint density at radius 1 is 1.43 bits per heavy atom. The topological polar surface area (TPSA) is 78.4 Å². The van der Waals surface area contributed by atoms with Crippen molar-refractivity contribution in [2.75, 3.05) is 6.61 Å². The van der Waals surface area contributed by atoms with E-state index in [0.29, 0.717) is 30.5 Å². The number of esters is 1. The van der Waals surface area contributed by atoms with Gasteiger partial charge in [-0.05, 0) is 37.8 Å². The van der Waals surface area contributed by atoms with E-state index in [0.717, 1.165) is 5.56 Å². The van der Waals surface area contributed by atoms with Crippen LogP contribution in [-0.2, 0) is 9.53 Å². The second kappa shape index (κ2) is 6.56. The highest BCUT2D eigenvalue weighted by molar-refractivity contribution is 5.77.